The third-order valence-corrected chi connectivity index (χ3v) is 5.13. The van der Waals surface area contributed by atoms with Crippen molar-refractivity contribution < 1.29 is 23.5 Å². The normalized spacial score (nSPS) is 11.8. The highest BCUT2D eigenvalue weighted by Gasteiger charge is 2.10. The van der Waals surface area contributed by atoms with Gasteiger partial charge in [0, 0.05) is 24.2 Å². The Labute approximate surface area is 188 Å². The van der Waals surface area contributed by atoms with E-state index < -0.39 is 0 Å². The van der Waals surface area contributed by atoms with Crippen molar-refractivity contribution in [1.29, 1.82) is 0 Å². The van der Waals surface area contributed by atoms with Gasteiger partial charge in [-0.3, -0.25) is 0 Å². The van der Waals surface area contributed by atoms with Gasteiger partial charge in [0.1, 0.15) is 34.0 Å². The summed E-state index contributed by atoms with van der Waals surface area (Å²) in [4.78, 5) is 4.42. The summed E-state index contributed by atoms with van der Waals surface area (Å²) < 4.78 is 32.2. The molecule has 0 saturated carbocycles. The van der Waals surface area contributed by atoms with Crippen molar-refractivity contribution in [3.05, 3.63) is 90.4 Å². The van der Waals surface area contributed by atoms with E-state index in [1.54, 1.807) is 42.7 Å². The van der Waals surface area contributed by atoms with Crippen LogP contribution in [0.1, 0.15) is 6.42 Å². The first-order chi connectivity index (χ1) is 16.2. The molecule has 5 rings (SSSR count). The Morgan fingerprint density at radius 1 is 0.970 bits per heavy atom. The molecule has 0 atom stereocenters. The molecule has 0 amide bonds. The van der Waals surface area contributed by atoms with Gasteiger partial charge in [0.2, 0.25) is 0 Å². The number of hydrogen-bond donors (Lipinski definition) is 1. The Kier molecular flexibility index (Phi) is 5.63. The quantitative estimate of drug-likeness (QED) is 0.216. The predicted octanol–water partition coefficient (Wildman–Crippen LogP) is 5.02. The molecule has 3 aromatic heterocycles. The van der Waals surface area contributed by atoms with Crippen molar-refractivity contribution in [2.24, 2.45) is 5.16 Å². The molecule has 1 N–H and O–H groups in total. The van der Waals surface area contributed by atoms with E-state index >= 15 is 0 Å². The maximum absolute atomic E-state index is 12.9. The van der Waals surface area contributed by atoms with Gasteiger partial charge in [-0.1, -0.05) is 5.16 Å². The summed E-state index contributed by atoms with van der Waals surface area (Å²) in [5.74, 6) is 1.42. The van der Waals surface area contributed by atoms with E-state index in [1.807, 2.05) is 28.8 Å². The van der Waals surface area contributed by atoms with E-state index in [-0.39, 0.29) is 5.82 Å². The molecule has 0 aliphatic rings. The van der Waals surface area contributed by atoms with Crippen LogP contribution in [0.15, 0.2) is 88.8 Å². The fraction of sp³-hybridized carbons (Fsp3) is 0.120. The predicted molar refractivity (Wildman–Crippen MR) is 120 cm³/mol. The molecule has 2 aromatic carbocycles. The summed E-state index contributed by atoms with van der Waals surface area (Å²) in [5, 5.41) is 14.0. The monoisotopic (exact) mass is 445 g/mol. The topological polar surface area (TPSA) is 81.5 Å². The number of fused-ring (bicyclic) bond motifs is 2. The zero-order chi connectivity index (χ0) is 22.6. The number of hydrogen-bond acceptors (Lipinski definition) is 6. The maximum atomic E-state index is 12.9. The average molecular weight is 445 g/mol. The molecule has 5 aromatic rings. The highest BCUT2D eigenvalue weighted by Crippen LogP contribution is 2.24. The van der Waals surface area contributed by atoms with Gasteiger partial charge in [-0.15, -0.1) is 0 Å². The van der Waals surface area contributed by atoms with E-state index in [0.717, 1.165) is 5.52 Å². The minimum atomic E-state index is -0.298. The molecule has 3 heterocycles. The van der Waals surface area contributed by atoms with Crippen molar-refractivity contribution >= 4 is 16.5 Å². The lowest BCUT2D eigenvalue weighted by Crippen LogP contribution is -2.07. The molecule has 0 saturated heterocycles. The molecule has 0 unspecified atom stereocenters. The third-order valence-electron chi connectivity index (χ3n) is 5.13. The van der Waals surface area contributed by atoms with E-state index in [1.165, 1.54) is 12.1 Å². The minimum absolute atomic E-state index is 0.298. The van der Waals surface area contributed by atoms with Crippen molar-refractivity contribution in [3.63, 3.8) is 0 Å². The van der Waals surface area contributed by atoms with Crippen LogP contribution in [-0.2, 0) is 0 Å². The van der Waals surface area contributed by atoms with Crippen LogP contribution in [0.4, 0.5) is 4.39 Å². The van der Waals surface area contributed by atoms with Gasteiger partial charge in [-0.25, -0.2) is 9.37 Å². The van der Waals surface area contributed by atoms with Crippen LogP contribution < -0.4 is 14.8 Å². The number of rotatable bonds is 7. The SMILES string of the molecule is ON=c1cc(-c2cc3cccn3cn2)oc2ccc(OCCCOc3ccc(F)cc3)cc12. The van der Waals surface area contributed by atoms with Crippen molar-refractivity contribution in [2.45, 2.75) is 6.42 Å². The van der Waals surface area contributed by atoms with Gasteiger partial charge in [0.05, 0.1) is 24.9 Å². The Bertz CT molecular complexity index is 1480. The molecule has 0 bridgehead atoms. The lowest BCUT2D eigenvalue weighted by atomic mass is 10.2. The first kappa shape index (κ1) is 20.6. The molecule has 33 heavy (non-hydrogen) atoms. The first-order valence-corrected chi connectivity index (χ1v) is 10.4. The van der Waals surface area contributed by atoms with E-state index in [9.17, 15) is 9.60 Å². The van der Waals surface area contributed by atoms with Gasteiger partial charge in [-0.05, 0) is 60.7 Å². The third kappa shape index (κ3) is 4.50. The zero-order valence-corrected chi connectivity index (χ0v) is 17.5. The van der Waals surface area contributed by atoms with E-state index in [4.69, 9.17) is 13.9 Å². The van der Waals surface area contributed by atoms with Crippen LogP contribution in [-0.4, -0.2) is 27.8 Å². The highest BCUT2D eigenvalue weighted by molar-refractivity contribution is 5.80. The van der Waals surface area contributed by atoms with Gasteiger partial charge in [-0.2, -0.15) is 0 Å². The number of aromatic nitrogens is 2. The fourth-order valence-corrected chi connectivity index (χ4v) is 3.49. The second-order valence-corrected chi connectivity index (χ2v) is 7.37. The van der Waals surface area contributed by atoms with Crippen molar-refractivity contribution in [1.82, 2.24) is 9.38 Å². The largest absolute Gasteiger partial charge is 0.493 e. The summed E-state index contributed by atoms with van der Waals surface area (Å²) in [6, 6.07) is 18.7. The Balaban J connectivity index is 1.29. The van der Waals surface area contributed by atoms with Crippen LogP contribution in [0.2, 0.25) is 0 Å². The number of benzene rings is 2. The fourth-order valence-electron chi connectivity index (χ4n) is 3.49. The summed E-state index contributed by atoms with van der Waals surface area (Å²) in [7, 11) is 0. The van der Waals surface area contributed by atoms with Gasteiger partial charge >= 0.3 is 0 Å². The van der Waals surface area contributed by atoms with Crippen LogP contribution >= 0.6 is 0 Å². The molecule has 0 spiro atoms. The molecule has 0 fully saturated rings. The second-order valence-electron chi connectivity index (χ2n) is 7.37. The standard InChI is InChI=1S/C25H20FN3O4/c26-17-4-6-19(7-5-17)31-11-2-12-32-20-8-9-24-21(14-20)22(28-30)15-25(33-24)23-13-18-3-1-10-29(18)16-27-23/h1,3-10,13-16,30H,2,11-12H2. The Morgan fingerprint density at radius 3 is 2.58 bits per heavy atom. The van der Waals surface area contributed by atoms with Crippen LogP contribution in [0.5, 0.6) is 11.5 Å². The van der Waals surface area contributed by atoms with Crippen molar-refractivity contribution in [2.75, 3.05) is 13.2 Å². The van der Waals surface area contributed by atoms with Crippen LogP contribution in [0.3, 0.4) is 0 Å². The Hall–Kier alpha value is -4.33. The van der Waals surface area contributed by atoms with E-state index in [0.29, 0.717) is 58.9 Å². The molecule has 8 heteroatoms. The average Bonchev–Trinajstić information content (AvgIpc) is 3.32. The molecular weight excluding hydrogens is 425 g/mol. The molecule has 166 valence electrons. The number of ether oxygens (including phenoxy) is 2. The molecule has 0 aliphatic heterocycles. The Morgan fingerprint density at radius 2 is 1.76 bits per heavy atom. The molecule has 0 radical (unpaired) electrons. The summed E-state index contributed by atoms with van der Waals surface area (Å²) >= 11 is 0. The van der Waals surface area contributed by atoms with E-state index in [2.05, 4.69) is 10.1 Å². The highest BCUT2D eigenvalue weighted by atomic mass is 19.1. The van der Waals surface area contributed by atoms with Crippen LogP contribution in [0, 0.1) is 5.82 Å². The summed E-state index contributed by atoms with van der Waals surface area (Å²) in [6.45, 7) is 0.864. The summed E-state index contributed by atoms with van der Waals surface area (Å²) in [6.07, 6.45) is 4.26. The minimum Gasteiger partial charge on any atom is -0.493 e. The maximum Gasteiger partial charge on any atom is 0.155 e. The molecular formula is C25H20FN3O4. The van der Waals surface area contributed by atoms with Crippen LogP contribution in [0.25, 0.3) is 27.9 Å². The smallest absolute Gasteiger partial charge is 0.155 e. The summed E-state index contributed by atoms with van der Waals surface area (Å²) in [5.41, 5.74) is 2.16. The zero-order valence-electron chi connectivity index (χ0n) is 17.5. The molecule has 7 nitrogen and oxygen atoms in total. The number of nitrogens with zero attached hydrogens (tertiary/aromatic N) is 3. The lowest BCUT2D eigenvalue weighted by molar-refractivity contribution is 0.247. The van der Waals surface area contributed by atoms with Gasteiger partial charge in [0.15, 0.2) is 5.76 Å². The lowest BCUT2D eigenvalue weighted by Gasteiger charge is -2.09. The van der Waals surface area contributed by atoms with Gasteiger partial charge < -0.3 is 23.5 Å². The van der Waals surface area contributed by atoms with Gasteiger partial charge in [0.25, 0.3) is 0 Å². The first-order valence-electron chi connectivity index (χ1n) is 10.4. The number of halogens is 1. The second kappa shape index (κ2) is 9.04. The van der Waals surface area contributed by atoms with Crippen molar-refractivity contribution in [3.8, 4) is 23.0 Å². The molecule has 0 aliphatic carbocycles.